The van der Waals surface area contributed by atoms with Crippen molar-refractivity contribution >= 4 is 33.5 Å². The molecule has 2 aromatic heterocycles. The van der Waals surface area contributed by atoms with Gasteiger partial charge < -0.3 is 4.98 Å². The molecular weight excluding hydrogens is 423 g/mol. The maximum Gasteiger partial charge on any atom is 0.154 e. The van der Waals surface area contributed by atoms with Crippen LogP contribution in [0.1, 0.15) is 55.8 Å². The first-order valence-corrected chi connectivity index (χ1v) is 10.9. The first-order valence-electron chi connectivity index (χ1n) is 10.5. The summed E-state index contributed by atoms with van der Waals surface area (Å²) in [5, 5.41) is 0.742. The second kappa shape index (κ2) is 7.83. The highest BCUT2D eigenvalue weighted by atomic mass is 35.5. The normalized spacial score (nSPS) is 20.4. The molecule has 1 fully saturated rings. The molecule has 2 heterocycles. The monoisotopic (exact) mass is 443 g/mol. The van der Waals surface area contributed by atoms with E-state index in [4.69, 9.17) is 11.6 Å². The Labute approximate surface area is 182 Å². The van der Waals surface area contributed by atoms with Gasteiger partial charge in [-0.1, -0.05) is 18.5 Å². The second-order valence-corrected chi connectivity index (χ2v) is 8.84. The minimum absolute atomic E-state index is 0.0542. The summed E-state index contributed by atoms with van der Waals surface area (Å²) in [6.07, 6.45) is 5.65. The molecule has 4 aromatic rings. The summed E-state index contributed by atoms with van der Waals surface area (Å²) in [5.74, 6) is -0.389. The van der Waals surface area contributed by atoms with Gasteiger partial charge in [0.15, 0.2) is 5.82 Å². The SMILES string of the molecule is C[C@H](c1nc2c(F)cc(F)c(Cl)c2[nH]1)[C@H]1CC[C@@H](c2ccnc3ccc(F)cc32)CC1. The number of hydrogen-bond acceptors (Lipinski definition) is 2. The summed E-state index contributed by atoms with van der Waals surface area (Å²) in [7, 11) is 0. The lowest BCUT2D eigenvalue weighted by Gasteiger charge is -2.32. The lowest BCUT2D eigenvalue weighted by atomic mass is 9.73. The summed E-state index contributed by atoms with van der Waals surface area (Å²) in [5.41, 5.74) is 2.23. The van der Waals surface area contributed by atoms with Crippen molar-refractivity contribution in [2.75, 3.05) is 0 Å². The minimum atomic E-state index is -0.795. The highest BCUT2D eigenvalue weighted by Crippen LogP contribution is 2.43. The van der Waals surface area contributed by atoms with E-state index < -0.39 is 11.6 Å². The van der Waals surface area contributed by atoms with E-state index in [1.165, 1.54) is 6.07 Å². The summed E-state index contributed by atoms with van der Waals surface area (Å²) in [6.45, 7) is 2.06. The average molecular weight is 444 g/mol. The van der Waals surface area contributed by atoms with E-state index in [2.05, 4.69) is 21.9 Å². The molecule has 3 nitrogen and oxygen atoms in total. The first kappa shape index (κ1) is 20.3. The van der Waals surface area contributed by atoms with Gasteiger partial charge in [0.05, 0.1) is 11.0 Å². The predicted molar refractivity (Wildman–Crippen MR) is 116 cm³/mol. The number of hydrogen-bond donors (Lipinski definition) is 1. The van der Waals surface area contributed by atoms with Gasteiger partial charge in [0.2, 0.25) is 0 Å². The molecule has 5 rings (SSSR count). The number of halogens is 4. The fourth-order valence-electron chi connectivity index (χ4n) is 4.95. The number of benzene rings is 2. The zero-order valence-corrected chi connectivity index (χ0v) is 17.7. The number of nitrogens with one attached hydrogen (secondary N) is 1. The van der Waals surface area contributed by atoms with E-state index in [9.17, 15) is 13.2 Å². The molecule has 160 valence electrons. The van der Waals surface area contributed by atoms with Gasteiger partial charge in [-0.2, -0.15) is 0 Å². The van der Waals surface area contributed by atoms with Crippen LogP contribution in [0, 0.1) is 23.4 Å². The smallest absolute Gasteiger partial charge is 0.154 e. The van der Waals surface area contributed by atoms with Gasteiger partial charge >= 0.3 is 0 Å². The van der Waals surface area contributed by atoms with Crippen LogP contribution in [0.5, 0.6) is 0 Å². The van der Waals surface area contributed by atoms with Crippen LogP contribution in [0.15, 0.2) is 36.5 Å². The molecule has 0 unspecified atom stereocenters. The predicted octanol–water partition coefficient (Wildman–Crippen LogP) is 7.26. The third kappa shape index (κ3) is 3.57. The number of pyridine rings is 1. The molecule has 1 N–H and O–H groups in total. The van der Waals surface area contributed by atoms with Crippen LogP contribution in [0.3, 0.4) is 0 Å². The Morgan fingerprint density at radius 3 is 2.58 bits per heavy atom. The quantitative estimate of drug-likeness (QED) is 0.338. The van der Waals surface area contributed by atoms with Crippen molar-refractivity contribution in [3.63, 3.8) is 0 Å². The number of fused-ring (bicyclic) bond motifs is 2. The van der Waals surface area contributed by atoms with Crippen LogP contribution in [0.2, 0.25) is 5.02 Å². The van der Waals surface area contributed by atoms with E-state index >= 15 is 0 Å². The van der Waals surface area contributed by atoms with Crippen LogP contribution in [0.4, 0.5) is 13.2 Å². The Kier molecular flexibility index (Phi) is 5.13. The highest BCUT2D eigenvalue weighted by Gasteiger charge is 2.30. The molecule has 0 amide bonds. The molecule has 0 radical (unpaired) electrons. The summed E-state index contributed by atoms with van der Waals surface area (Å²) in [6, 6.07) is 7.49. The number of nitrogens with zero attached hydrogens (tertiary/aromatic N) is 2. The standard InChI is InChI=1S/C24H21ClF3N3/c1-12(24-30-22-19(28)11-18(27)21(25)23(22)31-24)13-2-4-14(5-3-13)16-8-9-29-20-7-6-15(26)10-17(16)20/h6-14H,2-5H2,1H3,(H,30,31)/t12-,13-,14+/m0/s1. The lowest BCUT2D eigenvalue weighted by molar-refractivity contribution is 0.286. The van der Waals surface area contributed by atoms with Gasteiger partial charge in [0, 0.05) is 23.6 Å². The van der Waals surface area contributed by atoms with Crippen molar-refractivity contribution in [3.05, 3.63) is 70.4 Å². The van der Waals surface area contributed by atoms with E-state index in [0.29, 0.717) is 17.7 Å². The van der Waals surface area contributed by atoms with E-state index in [-0.39, 0.29) is 27.8 Å². The molecule has 0 aliphatic heterocycles. The Morgan fingerprint density at radius 2 is 1.81 bits per heavy atom. The fraction of sp³-hybridized carbons (Fsp3) is 0.333. The van der Waals surface area contributed by atoms with Crippen LogP contribution in [-0.2, 0) is 0 Å². The summed E-state index contributed by atoms with van der Waals surface area (Å²) in [4.78, 5) is 11.8. The van der Waals surface area contributed by atoms with Crippen molar-refractivity contribution in [1.82, 2.24) is 15.0 Å². The highest BCUT2D eigenvalue weighted by molar-refractivity contribution is 6.35. The van der Waals surface area contributed by atoms with Crippen LogP contribution in [-0.4, -0.2) is 15.0 Å². The van der Waals surface area contributed by atoms with Gasteiger partial charge in [-0.25, -0.2) is 18.2 Å². The maximum atomic E-state index is 14.1. The molecule has 0 bridgehead atoms. The first-order chi connectivity index (χ1) is 14.9. The van der Waals surface area contributed by atoms with Crippen molar-refractivity contribution in [1.29, 1.82) is 0 Å². The third-order valence-corrected chi connectivity index (χ3v) is 7.09. The molecule has 0 spiro atoms. The van der Waals surface area contributed by atoms with Gasteiger partial charge in [-0.15, -0.1) is 0 Å². The Morgan fingerprint density at radius 1 is 1.03 bits per heavy atom. The topological polar surface area (TPSA) is 41.6 Å². The van der Waals surface area contributed by atoms with Gasteiger partial charge in [-0.05, 0) is 67.3 Å². The number of aromatic amines is 1. The van der Waals surface area contributed by atoms with Crippen molar-refractivity contribution in [3.8, 4) is 0 Å². The number of rotatable bonds is 3. The second-order valence-electron chi connectivity index (χ2n) is 8.46. The molecule has 31 heavy (non-hydrogen) atoms. The Bertz CT molecular complexity index is 1280. The zero-order valence-electron chi connectivity index (χ0n) is 16.9. The Hall–Kier alpha value is -2.60. The van der Waals surface area contributed by atoms with Gasteiger partial charge in [0.25, 0.3) is 0 Å². The van der Waals surface area contributed by atoms with Gasteiger partial charge in [0.1, 0.15) is 28.0 Å². The summed E-state index contributed by atoms with van der Waals surface area (Å²) < 4.78 is 41.7. The molecule has 1 aliphatic carbocycles. The van der Waals surface area contributed by atoms with E-state index in [1.807, 2.05) is 6.07 Å². The van der Waals surface area contributed by atoms with Gasteiger partial charge in [-0.3, -0.25) is 4.98 Å². The van der Waals surface area contributed by atoms with Crippen LogP contribution >= 0.6 is 11.6 Å². The molecule has 1 aliphatic rings. The Balaban J connectivity index is 1.36. The van der Waals surface area contributed by atoms with Crippen LogP contribution in [0.25, 0.3) is 21.9 Å². The zero-order chi connectivity index (χ0) is 21.7. The number of aromatic nitrogens is 3. The van der Waals surface area contributed by atoms with Crippen molar-refractivity contribution in [2.24, 2.45) is 5.92 Å². The molecule has 0 saturated heterocycles. The van der Waals surface area contributed by atoms with Crippen molar-refractivity contribution in [2.45, 2.75) is 44.4 Å². The average Bonchev–Trinajstić information content (AvgIpc) is 3.23. The minimum Gasteiger partial charge on any atom is -0.340 e. The number of imidazole rings is 1. The summed E-state index contributed by atoms with van der Waals surface area (Å²) >= 11 is 6.00. The fourth-order valence-corrected chi connectivity index (χ4v) is 5.14. The van der Waals surface area contributed by atoms with Crippen LogP contribution < -0.4 is 0 Å². The number of H-pyrrole nitrogens is 1. The maximum absolute atomic E-state index is 14.1. The molecule has 1 saturated carbocycles. The molecular formula is C24H21ClF3N3. The molecule has 1 atom stereocenters. The molecule has 2 aromatic carbocycles. The third-order valence-electron chi connectivity index (χ3n) is 6.72. The van der Waals surface area contributed by atoms with Crippen molar-refractivity contribution < 1.29 is 13.2 Å². The van der Waals surface area contributed by atoms with E-state index in [1.54, 1.807) is 18.3 Å². The van der Waals surface area contributed by atoms with E-state index in [0.717, 1.165) is 48.2 Å². The molecule has 7 heteroatoms. The lowest BCUT2D eigenvalue weighted by Crippen LogP contribution is -2.19. The largest absolute Gasteiger partial charge is 0.340 e.